The van der Waals surface area contributed by atoms with Crippen molar-refractivity contribution in [3.63, 3.8) is 0 Å². The summed E-state index contributed by atoms with van der Waals surface area (Å²) in [6.07, 6.45) is 63.9. The molecule has 0 radical (unpaired) electrons. The Labute approximate surface area is 485 Å². The van der Waals surface area contributed by atoms with Gasteiger partial charge in [-0.25, -0.2) is 0 Å². The highest BCUT2D eigenvalue weighted by Gasteiger charge is 2.44. The molecule has 0 saturated carbocycles. The highest BCUT2D eigenvalue weighted by atomic mass is 16.7. The van der Waals surface area contributed by atoms with Gasteiger partial charge in [0.1, 0.15) is 24.4 Å². The van der Waals surface area contributed by atoms with E-state index in [4.69, 9.17) is 14.2 Å². The van der Waals surface area contributed by atoms with Crippen LogP contribution in [0, 0.1) is 0 Å². The number of unbranched alkanes of at least 4 members (excludes halogenated alkanes) is 38. The lowest BCUT2D eigenvalue weighted by Crippen LogP contribution is -2.60. The lowest BCUT2D eigenvalue weighted by molar-refractivity contribution is -0.302. The summed E-state index contributed by atoms with van der Waals surface area (Å²) >= 11 is 0. The Morgan fingerprint density at radius 3 is 1.30 bits per heavy atom. The van der Waals surface area contributed by atoms with E-state index in [1.54, 1.807) is 6.08 Å². The van der Waals surface area contributed by atoms with E-state index < -0.39 is 49.5 Å². The van der Waals surface area contributed by atoms with Gasteiger partial charge in [0.05, 0.1) is 32.0 Å². The molecular weight excluding hydrogens is 991 g/mol. The van der Waals surface area contributed by atoms with Crippen LogP contribution in [-0.2, 0) is 23.8 Å². The van der Waals surface area contributed by atoms with Crippen LogP contribution in [0.4, 0.5) is 0 Å². The predicted molar refractivity (Wildman–Crippen MR) is 329 cm³/mol. The zero-order valence-electron chi connectivity index (χ0n) is 51.1. The van der Waals surface area contributed by atoms with E-state index in [1.807, 2.05) is 6.08 Å². The number of aliphatic hydroxyl groups excluding tert-OH is 5. The number of aliphatic hydroxyl groups is 5. The molecule has 0 aliphatic carbocycles. The minimum absolute atomic E-state index is 0.00683. The third-order valence-corrected chi connectivity index (χ3v) is 15.6. The van der Waals surface area contributed by atoms with Gasteiger partial charge in [0.15, 0.2) is 6.29 Å². The van der Waals surface area contributed by atoms with Crippen LogP contribution < -0.4 is 5.32 Å². The van der Waals surface area contributed by atoms with Gasteiger partial charge in [-0.2, -0.15) is 0 Å². The number of carbonyl (C=O) groups is 2. The smallest absolute Gasteiger partial charge is 0.305 e. The van der Waals surface area contributed by atoms with Gasteiger partial charge in [-0.3, -0.25) is 9.59 Å². The van der Waals surface area contributed by atoms with Crippen molar-refractivity contribution in [1.82, 2.24) is 5.32 Å². The summed E-state index contributed by atoms with van der Waals surface area (Å²) in [7, 11) is 0. The molecular formula is C68H125NO10. The molecule has 6 N–H and O–H groups in total. The Bertz CT molecular complexity index is 1450. The van der Waals surface area contributed by atoms with E-state index in [1.165, 1.54) is 205 Å². The van der Waals surface area contributed by atoms with Crippen molar-refractivity contribution in [2.24, 2.45) is 0 Å². The number of esters is 1. The van der Waals surface area contributed by atoms with Gasteiger partial charge in [0.25, 0.3) is 0 Å². The molecule has 1 saturated heterocycles. The number of hydrogen-bond donors (Lipinski definition) is 6. The van der Waals surface area contributed by atoms with Crippen molar-refractivity contribution >= 4 is 11.9 Å². The minimum atomic E-state index is -1.58. The van der Waals surface area contributed by atoms with E-state index in [0.717, 1.165) is 77.0 Å². The van der Waals surface area contributed by atoms with Crippen LogP contribution in [0.2, 0.25) is 0 Å². The van der Waals surface area contributed by atoms with Crippen LogP contribution in [-0.4, -0.2) is 100 Å². The molecule has 0 aromatic rings. The maximum absolute atomic E-state index is 13.0. The summed E-state index contributed by atoms with van der Waals surface area (Å²) in [6.45, 7) is 4.26. The van der Waals surface area contributed by atoms with E-state index in [-0.39, 0.29) is 18.5 Å². The van der Waals surface area contributed by atoms with Crippen molar-refractivity contribution < 1.29 is 49.3 Å². The quantitative estimate of drug-likeness (QED) is 0.0195. The normalized spacial score (nSPS) is 18.7. The van der Waals surface area contributed by atoms with Crippen LogP contribution in [0.3, 0.4) is 0 Å². The number of rotatable bonds is 58. The average molecular weight is 1120 g/mol. The molecule has 1 fully saturated rings. The number of nitrogens with one attached hydrogen (secondary N) is 1. The van der Waals surface area contributed by atoms with Crippen LogP contribution in [0.5, 0.6) is 0 Å². The summed E-state index contributed by atoms with van der Waals surface area (Å²) < 4.78 is 16.7. The van der Waals surface area contributed by atoms with Gasteiger partial charge < -0.3 is 45.1 Å². The number of ether oxygens (including phenoxy) is 3. The van der Waals surface area contributed by atoms with E-state index in [2.05, 4.69) is 55.6 Å². The molecule has 11 nitrogen and oxygen atoms in total. The molecule has 1 amide bonds. The Morgan fingerprint density at radius 2 is 0.848 bits per heavy atom. The summed E-state index contributed by atoms with van der Waals surface area (Å²) in [4.78, 5) is 25.0. The molecule has 1 rings (SSSR count). The molecule has 1 aliphatic rings. The first-order chi connectivity index (χ1) is 38.7. The maximum Gasteiger partial charge on any atom is 0.305 e. The second-order valence-electron chi connectivity index (χ2n) is 23.2. The van der Waals surface area contributed by atoms with Crippen LogP contribution in [0.1, 0.15) is 309 Å². The summed E-state index contributed by atoms with van der Waals surface area (Å²) in [5, 5.41) is 54.3. The standard InChI is InChI=1S/C68H125NO10/c1-3-5-7-9-11-13-34-38-42-46-50-54-61(71)60(59-78-68-67(76)66(75)65(74)62(58-70)79-68)69-63(72)55-51-47-43-39-36-32-30-28-26-24-22-20-18-16-15-17-19-21-23-25-27-29-31-33-37-41-45-49-53-57-77-64(73)56-52-48-44-40-35-14-12-10-8-6-4-2/h7,9,15,17,34,38,50,54,60-62,65-68,70-71,74-76H,3-6,8,10-14,16,18-33,35-37,39-49,51-53,55-59H2,1-2H3,(H,69,72)/b9-7+,17-15-,38-34+,54-50+. The molecule has 7 unspecified atom stereocenters. The molecule has 0 aromatic heterocycles. The van der Waals surface area contributed by atoms with Gasteiger partial charge in [0.2, 0.25) is 5.91 Å². The second kappa shape index (κ2) is 57.4. The first kappa shape index (κ1) is 74.6. The molecule has 462 valence electrons. The topological polar surface area (TPSA) is 175 Å². The number of amides is 1. The Morgan fingerprint density at radius 1 is 0.456 bits per heavy atom. The van der Waals surface area contributed by atoms with Crippen molar-refractivity contribution in [3.05, 3.63) is 48.6 Å². The van der Waals surface area contributed by atoms with Crippen LogP contribution >= 0.6 is 0 Å². The highest BCUT2D eigenvalue weighted by molar-refractivity contribution is 5.76. The second-order valence-corrected chi connectivity index (χ2v) is 23.2. The van der Waals surface area contributed by atoms with Crippen LogP contribution in [0.25, 0.3) is 0 Å². The summed E-state index contributed by atoms with van der Waals surface area (Å²) in [6, 6.07) is -0.834. The molecule has 0 bridgehead atoms. The molecule has 0 spiro atoms. The summed E-state index contributed by atoms with van der Waals surface area (Å²) in [5.74, 6) is -0.190. The van der Waals surface area contributed by atoms with E-state index in [9.17, 15) is 35.1 Å². The van der Waals surface area contributed by atoms with E-state index >= 15 is 0 Å². The molecule has 11 heteroatoms. The first-order valence-electron chi connectivity index (χ1n) is 33.4. The van der Waals surface area contributed by atoms with Crippen molar-refractivity contribution in [2.75, 3.05) is 19.8 Å². The first-order valence-corrected chi connectivity index (χ1v) is 33.4. The monoisotopic (exact) mass is 1120 g/mol. The average Bonchev–Trinajstić information content (AvgIpc) is 3.49. The van der Waals surface area contributed by atoms with Crippen molar-refractivity contribution in [3.8, 4) is 0 Å². The highest BCUT2D eigenvalue weighted by Crippen LogP contribution is 2.23. The van der Waals surface area contributed by atoms with Gasteiger partial charge in [-0.05, 0) is 77.0 Å². The molecule has 79 heavy (non-hydrogen) atoms. The number of carbonyl (C=O) groups excluding carboxylic acids is 2. The zero-order valence-corrected chi connectivity index (χ0v) is 51.1. The molecule has 1 aliphatic heterocycles. The Balaban J connectivity index is 1.98. The fourth-order valence-electron chi connectivity index (χ4n) is 10.4. The van der Waals surface area contributed by atoms with Gasteiger partial charge >= 0.3 is 5.97 Å². The Hall–Kier alpha value is -2.38. The lowest BCUT2D eigenvalue weighted by Gasteiger charge is -2.40. The molecule has 1 heterocycles. The zero-order chi connectivity index (χ0) is 57.3. The predicted octanol–water partition coefficient (Wildman–Crippen LogP) is 16.4. The SMILES string of the molecule is CCC/C=C/CC/C=C/CC/C=C/C(O)C(COC1OC(CO)C(O)C(O)C1O)NC(=O)CCCCCCCCCCCCCCC/C=C\CCCCCCCCCCCCCCOC(=O)CCCCCCCCCCCCC. The van der Waals surface area contributed by atoms with Crippen LogP contribution in [0.15, 0.2) is 48.6 Å². The fourth-order valence-corrected chi connectivity index (χ4v) is 10.4. The largest absolute Gasteiger partial charge is 0.466 e. The van der Waals surface area contributed by atoms with Gasteiger partial charge in [-0.15, -0.1) is 0 Å². The third kappa shape index (κ3) is 46.8. The van der Waals surface area contributed by atoms with Crippen molar-refractivity contribution in [2.45, 2.75) is 352 Å². The Kier molecular flexibility index (Phi) is 54.3. The number of hydrogen-bond acceptors (Lipinski definition) is 10. The van der Waals surface area contributed by atoms with Gasteiger partial charge in [0, 0.05) is 12.8 Å². The number of allylic oxidation sites excluding steroid dienone is 7. The minimum Gasteiger partial charge on any atom is -0.466 e. The van der Waals surface area contributed by atoms with E-state index in [0.29, 0.717) is 19.4 Å². The lowest BCUT2D eigenvalue weighted by atomic mass is 9.99. The van der Waals surface area contributed by atoms with Crippen molar-refractivity contribution in [1.29, 1.82) is 0 Å². The molecule has 0 aromatic carbocycles. The molecule has 7 atom stereocenters. The third-order valence-electron chi connectivity index (χ3n) is 15.6. The fraction of sp³-hybridized carbons (Fsp3) is 0.853. The maximum atomic E-state index is 13.0. The summed E-state index contributed by atoms with van der Waals surface area (Å²) in [5.41, 5.74) is 0. The van der Waals surface area contributed by atoms with Gasteiger partial charge in [-0.1, -0.05) is 268 Å².